The molecule has 24 heavy (non-hydrogen) atoms. The van der Waals surface area contributed by atoms with Crippen LogP contribution in [-0.4, -0.2) is 79.0 Å². The Balaban J connectivity index is 1.41. The molecule has 7 nitrogen and oxygen atoms in total. The molecule has 0 bridgehead atoms. The molecule has 8 heteroatoms. The van der Waals surface area contributed by atoms with Gasteiger partial charge in [0.25, 0.3) is 0 Å². The fourth-order valence-corrected chi connectivity index (χ4v) is 4.78. The third-order valence-electron chi connectivity index (χ3n) is 5.28. The number of hydrogen-bond acceptors (Lipinski definition) is 7. The Kier molecular flexibility index (Phi) is 4.36. The first kappa shape index (κ1) is 16.1. The van der Waals surface area contributed by atoms with E-state index in [0.717, 1.165) is 64.0 Å². The van der Waals surface area contributed by atoms with Crippen molar-refractivity contribution in [1.29, 1.82) is 0 Å². The molecular formula is C16H24N4O3S. The first-order valence-electron chi connectivity index (χ1n) is 8.64. The minimum absolute atomic E-state index is 0.146. The number of fused-ring (bicyclic) bond motifs is 1. The minimum atomic E-state index is -0.149. The number of carbonyl (C=O) groups excluding carboxylic acids is 1. The van der Waals surface area contributed by atoms with Gasteiger partial charge in [0, 0.05) is 50.3 Å². The Labute approximate surface area is 146 Å². The van der Waals surface area contributed by atoms with Crippen molar-refractivity contribution in [2.75, 3.05) is 57.4 Å². The second-order valence-electron chi connectivity index (χ2n) is 6.70. The molecule has 1 aromatic rings. The van der Waals surface area contributed by atoms with Crippen molar-refractivity contribution in [3.05, 3.63) is 11.1 Å². The lowest BCUT2D eigenvalue weighted by Crippen LogP contribution is -2.60. The molecule has 0 aromatic carbocycles. The second kappa shape index (κ2) is 6.50. The van der Waals surface area contributed by atoms with Gasteiger partial charge >= 0.3 is 6.09 Å². The van der Waals surface area contributed by atoms with E-state index in [0.29, 0.717) is 6.61 Å². The Morgan fingerprint density at radius 3 is 2.92 bits per heavy atom. The van der Waals surface area contributed by atoms with Gasteiger partial charge in [0.2, 0.25) is 0 Å². The number of anilines is 1. The summed E-state index contributed by atoms with van der Waals surface area (Å²) >= 11 is 1.77. The van der Waals surface area contributed by atoms with Crippen molar-refractivity contribution in [2.24, 2.45) is 0 Å². The Bertz CT molecular complexity index is 604. The van der Waals surface area contributed by atoms with E-state index in [2.05, 4.69) is 21.7 Å². The van der Waals surface area contributed by atoms with E-state index >= 15 is 0 Å². The predicted molar refractivity (Wildman–Crippen MR) is 91.5 cm³/mol. The summed E-state index contributed by atoms with van der Waals surface area (Å²) < 4.78 is 10.7. The zero-order chi connectivity index (χ0) is 16.6. The van der Waals surface area contributed by atoms with Gasteiger partial charge in [-0.3, -0.25) is 9.80 Å². The fourth-order valence-electron chi connectivity index (χ4n) is 3.77. The number of nitrogens with zero attached hydrogens (tertiary/aromatic N) is 4. The summed E-state index contributed by atoms with van der Waals surface area (Å²) in [6.45, 7) is 9.47. The second-order valence-corrected chi connectivity index (χ2v) is 7.80. The van der Waals surface area contributed by atoms with Crippen molar-refractivity contribution in [3.8, 4) is 0 Å². The first-order chi connectivity index (χ1) is 11.7. The van der Waals surface area contributed by atoms with E-state index < -0.39 is 0 Å². The molecular weight excluding hydrogens is 328 g/mol. The van der Waals surface area contributed by atoms with E-state index in [1.54, 1.807) is 11.3 Å². The van der Waals surface area contributed by atoms with Gasteiger partial charge in [-0.2, -0.15) is 0 Å². The summed E-state index contributed by atoms with van der Waals surface area (Å²) in [6.07, 6.45) is 2.78. The molecule has 4 rings (SSSR count). The van der Waals surface area contributed by atoms with Gasteiger partial charge < -0.3 is 14.4 Å². The highest BCUT2D eigenvalue weighted by Gasteiger charge is 2.49. The van der Waals surface area contributed by atoms with Gasteiger partial charge in [-0.15, -0.1) is 11.3 Å². The molecule has 0 spiro atoms. The molecule has 1 amide bonds. The SMILES string of the molecule is CCC12COC(=O)N1CCN(Cc1cnc(N3CCOCC3)s1)C2. The summed E-state index contributed by atoms with van der Waals surface area (Å²) in [7, 11) is 0. The van der Waals surface area contributed by atoms with Crippen LogP contribution < -0.4 is 4.90 Å². The van der Waals surface area contributed by atoms with Crippen LogP contribution in [0.3, 0.4) is 0 Å². The van der Waals surface area contributed by atoms with Crippen LogP contribution in [0.1, 0.15) is 18.2 Å². The molecule has 0 aliphatic carbocycles. The molecule has 3 fully saturated rings. The lowest BCUT2D eigenvalue weighted by molar-refractivity contribution is 0.0454. The van der Waals surface area contributed by atoms with E-state index in [4.69, 9.17) is 9.47 Å². The number of rotatable bonds is 4. The van der Waals surface area contributed by atoms with Crippen LogP contribution in [0.25, 0.3) is 0 Å². The van der Waals surface area contributed by atoms with Gasteiger partial charge in [-0.1, -0.05) is 6.92 Å². The highest BCUT2D eigenvalue weighted by molar-refractivity contribution is 7.15. The average molecular weight is 352 g/mol. The van der Waals surface area contributed by atoms with Gasteiger partial charge in [-0.05, 0) is 6.42 Å². The van der Waals surface area contributed by atoms with E-state index in [1.807, 2.05) is 11.1 Å². The van der Waals surface area contributed by atoms with Crippen LogP contribution in [0.2, 0.25) is 0 Å². The molecule has 1 unspecified atom stereocenters. The summed E-state index contributed by atoms with van der Waals surface area (Å²) in [5.41, 5.74) is -0.146. The molecule has 1 aromatic heterocycles. The molecule has 3 aliphatic heterocycles. The fraction of sp³-hybridized carbons (Fsp3) is 0.750. The number of piperazine rings is 1. The predicted octanol–water partition coefficient (Wildman–Crippen LogP) is 1.40. The summed E-state index contributed by atoms with van der Waals surface area (Å²) in [6, 6.07) is 0. The minimum Gasteiger partial charge on any atom is -0.447 e. The van der Waals surface area contributed by atoms with Crippen molar-refractivity contribution >= 4 is 22.6 Å². The van der Waals surface area contributed by atoms with Gasteiger partial charge in [0.15, 0.2) is 5.13 Å². The topological polar surface area (TPSA) is 58.1 Å². The maximum absolute atomic E-state index is 11.9. The Morgan fingerprint density at radius 2 is 2.12 bits per heavy atom. The Morgan fingerprint density at radius 1 is 1.29 bits per heavy atom. The highest BCUT2D eigenvalue weighted by Crippen LogP contribution is 2.33. The zero-order valence-electron chi connectivity index (χ0n) is 14.1. The first-order valence-corrected chi connectivity index (χ1v) is 9.46. The monoisotopic (exact) mass is 352 g/mol. The molecule has 1 atom stereocenters. The van der Waals surface area contributed by atoms with Crippen molar-refractivity contribution in [2.45, 2.75) is 25.4 Å². The number of ether oxygens (including phenoxy) is 2. The lowest BCUT2D eigenvalue weighted by Gasteiger charge is -2.44. The van der Waals surface area contributed by atoms with Crippen LogP contribution in [0.5, 0.6) is 0 Å². The van der Waals surface area contributed by atoms with Crippen LogP contribution in [-0.2, 0) is 16.0 Å². The Hall–Kier alpha value is -1.38. The summed E-state index contributed by atoms with van der Waals surface area (Å²) in [5.74, 6) is 0. The quantitative estimate of drug-likeness (QED) is 0.816. The summed E-state index contributed by atoms with van der Waals surface area (Å²) in [4.78, 5) is 24.4. The smallest absolute Gasteiger partial charge is 0.410 e. The third-order valence-corrected chi connectivity index (χ3v) is 6.32. The van der Waals surface area contributed by atoms with Gasteiger partial charge in [-0.25, -0.2) is 9.78 Å². The highest BCUT2D eigenvalue weighted by atomic mass is 32.1. The molecule has 132 valence electrons. The van der Waals surface area contributed by atoms with Crippen molar-refractivity contribution < 1.29 is 14.3 Å². The van der Waals surface area contributed by atoms with Crippen LogP contribution in [0.15, 0.2) is 6.20 Å². The number of carbonyl (C=O) groups is 1. The molecule has 0 saturated carbocycles. The van der Waals surface area contributed by atoms with Crippen molar-refractivity contribution in [1.82, 2.24) is 14.8 Å². The molecule has 4 heterocycles. The molecule has 0 N–H and O–H groups in total. The number of cyclic esters (lactones) is 1. The largest absolute Gasteiger partial charge is 0.447 e. The van der Waals surface area contributed by atoms with Crippen molar-refractivity contribution in [3.63, 3.8) is 0 Å². The van der Waals surface area contributed by atoms with E-state index in [-0.39, 0.29) is 11.6 Å². The maximum Gasteiger partial charge on any atom is 0.410 e. The third kappa shape index (κ3) is 2.87. The zero-order valence-corrected chi connectivity index (χ0v) is 14.9. The van der Waals surface area contributed by atoms with Gasteiger partial charge in [0.05, 0.1) is 18.8 Å². The number of thiazole rings is 1. The van der Waals surface area contributed by atoms with Crippen LogP contribution in [0.4, 0.5) is 9.93 Å². The number of morpholine rings is 1. The summed E-state index contributed by atoms with van der Waals surface area (Å²) in [5, 5.41) is 1.09. The van der Waals surface area contributed by atoms with E-state index in [1.165, 1.54) is 4.88 Å². The standard InChI is InChI=1S/C16H24N4O3S/c1-2-16-11-18(3-4-20(16)15(21)23-12-16)10-13-9-17-14(24-13)19-5-7-22-8-6-19/h9H,2-8,10-12H2,1H3. The van der Waals surface area contributed by atoms with Crippen LogP contribution in [0, 0.1) is 0 Å². The molecule has 3 aliphatic rings. The number of amides is 1. The normalized spacial score (nSPS) is 28.1. The molecule has 3 saturated heterocycles. The average Bonchev–Trinajstić information content (AvgIpc) is 3.21. The van der Waals surface area contributed by atoms with Gasteiger partial charge in [0.1, 0.15) is 6.61 Å². The van der Waals surface area contributed by atoms with E-state index in [9.17, 15) is 4.79 Å². The van der Waals surface area contributed by atoms with Crippen LogP contribution >= 0.6 is 11.3 Å². The maximum atomic E-state index is 11.9. The lowest BCUT2D eigenvalue weighted by atomic mass is 9.93. The molecule has 0 radical (unpaired) electrons. The number of hydrogen-bond donors (Lipinski definition) is 0. The number of aromatic nitrogens is 1.